The van der Waals surface area contributed by atoms with E-state index in [0.29, 0.717) is 12.2 Å². The van der Waals surface area contributed by atoms with Gasteiger partial charge in [0.1, 0.15) is 0 Å². The van der Waals surface area contributed by atoms with Crippen molar-refractivity contribution in [3.8, 4) is 0 Å². The lowest BCUT2D eigenvalue weighted by atomic mass is 9.97. The molecule has 1 N–H and O–H groups in total. The Balaban J connectivity index is 2.33. The van der Waals surface area contributed by atoms with Crippen molar-refractivity contribution in [1.29, 1.82) is 0 Å². The summed E-state index contributed by atoms with van der Waals surface area (Å²) in [5, 5.41) is 8.94. The van der Waals surface area contributed by atoms with E-state index in [9.17, 15) is 4.79 Å². The van der Waals surface area contributed by atoms with Crippen molar-refractivity contribution in [1.82, 2.24) is 0 Å². The highest BCUT2D eigenvalue weighted by atomic mass is 32.2. The van der Waals surface area contributed by atoms with Gasteiger partial charge in [0, 0.05) is 10.6 Å². The Morgan fingerprint density at radius 1 is 1.57 bits per heavy atom. The van der Waals surface area contributed by atoms with Gasteiger partial charge in [0.05, 0.1) is 5.92 Å². The number of benzene rings is 1. The highest BCUT2D eigenvalue weighted by molar-refractivity contribution is 7.99. The number of rotatable bonds is 1. The highest BCUT2D eigenvalue weighted by Crippen LogP contribution is 2.34. The van der Waals surface area contributed by atoms with Gasteiger partial charge in [-0.1, -0.05) is 12.1 Å². The van der Waals surface area contributed by atoms with Crippen LogP contribution in [-0.4, -0.2) is 16.8 Å². The highest BCUT2D eigenvalue weighted by Gasteiger charge is 2.25. The smallest absolute Gasteiger partial charge is 0.307 e. The second-order valence-electron chi connectivity index (χ2n) is 3.60. The fraction of sp³-hybridized carbons (Fsp3) is 0.364. The average Bonchev–Trinajstić information content (AvgIpc) is 2.18. The maximum absolute atomic E-state index is 10.9. The zero-order chi connectivity index (χ0) is 10.1. The number of aryl methyl sites for hydroxylation is 1. The fourth-order valence-corrected chi connectivity index (χ4v) is 2.96. The molecular weight excluding hydrogens is 196 g/mol. The molecule has 1 unspecified atom stereocenters. The number of thioether (sulfide) groups is 1. The van der Waals surface area contributed by atoms with Crippen molar-refractivity contribution in [2.75, 3.05) is 5.75 Å². The van der Waals surface area contributed by atoms with Gasteiger partial charge in [0.15, 0.2) is 0 Å². The van der Waals surface area contributed by atoms with Crippen LogP contribution in [0.3, 0.4) is 0 Å². The van der Waals surface area contributed by atoms with Gasteiger partial charge in [0.2, 0.25) is 0 Å². The first-order valence-electron chi connectivity index (χ1n) is 4.62. The summed E-state index contributed by atoms with van der Waals surface area (Å²) in [7, 11) is 0. The summed E-state index contributed by atoms with van der Waals surface area (Å²) in [6.45, 7) is 2.05. The van der Waals surface area contributed by atoms with E-state index in [2.05, 4.69) is 6.07 Å². The minimum atomic E-state index is -0.675. The monoisotopic (exact) mass is 208 g/mol. The summed E-state index contributed by atoms with van der Waals surface area (Å²) in [4.78, 5) is 12.1. The predicted molar refractivity (Wildman–Crippen MR) is 56.7 cm³/mol. The van der Waals surface area contributed by atoms with E-state index >= 15 is 0 Å². The molecule has 0 aromatic heterocycles. The van der Waals surface area contributed by atoms with Crippen LogP contribution in [0.2, 0.25) is 0 Å². The van der Waals surface area contributed by atoms with Crippen molar-refractivity contribution >= 4 is 17.7 Å². The third-order valence-electron chi connectivity index (χ3n) is 2.61. The SMILES string of the molecule is Cc1cccc2c1CC(C(=O)O)CS2. The molecule has 0 radical (unpaired) electrons. The first kappa shape index (κ1) is 9.59. The molecular formula is C11H12O2S. The fourth-order valence-electron chi connectivity index (χ4n) is 1.73. The van der Waals surface area contributed by atoms with E-state index in [1.54, 1.807) is 11.8 Å². The van der Waals surface area contributed by atoms with Gasteiger partial charge in [-0.15, -0.1) is 11.8 Å². The number of aliphatic carboxylic acids is 1. The minimum Gasteiger partial charge on any atom is -0.481 e. The Kier molecular flexibility index (Phi) is 2.50. The van der Waals surface area contributed by atoms with Gasteiger partial charge in [0.25, 0.3) is 0 Å². The first-order valence-corrected chi connectivity index (χ1v) is 5.61. The molecule has 74 valence electrons. The molecule has 1 heterocycles. The van der Waals surface area contributed by atoms with Crippen LogP contribution < -0.4 is 0 Å². The summed E-state index contributed by atoms with van der Waals surface area (Å²) in [6.07, 6.45) is 0.685. The summed E-state index contributed by atoms with van der Waals surface area (Å²) < 4.78 is 0. The van der Waals surface area contributed by atoms with Crippen LogP contribution in [0.15, 0.2) is 23.1 Å². The van der Waals surface area contributed by atoms with Gasteiger partial charge in [-0.25, -0.2) is 0 Å². The van der Waals surface area contributed by atoms with Crippen LogP contribution in [0.1, 0.15) is 11.1 Å². The summed E-state index contributed by atoms with van der Waals surface area (Å²) in [5.41, 5.74) is 2.43. The van der Waals surface area contributed by atoms with Crippen molar-refractivity contribution in [3.63, 3.8) is 0 Å². The Labute approximate surface area is 87.3 Å². The van der Waals surface area contributed by atoms with Gasteiger partial charge < -0.3 is 5.11 Å². The molecule has 0 saturated heterocycles. The second-order valence-corrected chi connectivity index (χ2v) is 4.66. The molecule has 1 aliphatic heterocycles. The van der Waals surface area contributed by atoms with Crippen molar-refractivity contribution in [3.05, 3.63) is 29.3 Å². The van der Waals surface area contributed by atoms with E-state index in [-0.39, 0.29) is 5.92 Å². The lowest BCUT2D eigenvalue weighted by Crippen LogP contribution is -2.22. The van der Waals surface area contributed by atoms with Crippen LogP contribution in [0.25, 0.3) is 0 Å². The predicted octanol–water partition coefficient (Wildman–Crippen LogP) is 2.34. The Morgan fingerprint density at radius 3 is 3.07 bits per heavy atom. The average molecular weight is 208 g/mol. The molecule has 0 amide bonds. The first-order chi connectivity index (χ1) is 6.68. The van der Waals surface area contributed by atoms with Gasteiger partial charge >= 0.3 is 5.97 Å². The molecule has 1 atom stereocenters. The third kappa shape index (κ3) is 1.64. The second kappa shape index (κ2) is 3.65. The van der Waals surface area contributed by atoms with Gasteiger partial charge in [-0.05, 0) is 30.5 Å². The number of carboxylic acid groups (broad SMARTS) is 1. The summed E-state index contributed by atoms with van der Waals surface area (Å²) in [6, 6.07) is 6.15. The minimum absolute atomic E-state index is 0.214. The lowest BCUT2D eigenvalue weighted by Gasteiger charge is -2.22. The Hall–Kier alpha value is -0.960. The van der Waals surface area contributed by atoms with Crippen LogP contribution in [0.5, 0.6) is 0 Å². The molecule has 1 aliphatic rings. The molecule has 3 heteroatoms. The van der Waals surface area contributed by atoms with E-state index in [1.807, 2.05) is 19.1 Å². The largest absolute Gasteiger partial charge is 0.481 e. The van der Waals surface area contributed by atoms with Crippen molar-refractivity contribution < 1.29 is 9.90 Å². The topological polar surface area (TPSA) is 37.3 Å². The lowest BCUT2D eigenvalue weighted by molar-refractivity contribution is -0.140. The quantitative estimate of drug-likeness (QED) is 0.769. The van der Waals surface area contributed by atoms with Gasteiger partial charge in [-0.3, -0.25) is 4.79 Å². The molecule has 0 spiro atoms. The number of carbonyl (C=O) groups is 1. The van der Waals surface area contributed by atoms with Gasteiger partial charge in [-0.2, -0.15) is 0 Å². The Morgan fingerprint density at radius 2 is 2.36 bits per heavy atom. The van der Waals surface area contributed by atoms with Crippen LogP contribution >= 0.6 is 11.8 Å². The number of hydrogen-bond donors (Lipinski definition) is 1. The standard InChI is InChI=1S/C11H12O2S/c1-7-3-2-4-10-9(7)5-8(6-14-10)11(12)13/h2-4,8H,5-6H2,1H3,(H,12,13). The maximum Gasteiger partial charge on any atom is 0.307 e. The molecule has 2 rings (SSSR count). The third-order valence-corrected chi connectivity index (χ3v) is 3.87. The van der Waals surface area contributed by atoms with Crippen LogP contribution in [-0.2, 0) is 11.2 Å². The molecule has 2 nitrogen and oxygen atoms in total. The zero-order valence-electron chi connectivity index (χ0n) is 7.99. The summed E-state index contributed by atoms with van der Waals surface area (Å²) in [5.74, 6) is -0.189. The van der Waals surface area contributed by atoms with Crippen LogP contribution in [0, 0.1) is 12.8 Å². The van der Waals surface area contributed by atoms with Crippen molar-refractivity contribution in [2.24, 2.45) is 5.92 Å². The molecule has 0 saturated carbocycles. The Bertz CT molecular complexity index is 374. The molecule has 1 aromatic rings. The summed E-state index contributed by atoms with van der Waals surface area (Å²) >= 11 is 1.66. The zero-order valence-corrected chi connectivity index (χ0v) is 8.80. The van der Waals surface area contributed by atoms with E-state index in [0.717, 1.165) is 0 Å². The number of fused-ring (bicyclic) bond motifs is 1. The molecule has 1 aromatic carbocycles. The normalized spacial score (nSPS) is 20.2. The van der Waals surface area contributed by atoms with Crippen LogP contribution in [0.4, 0.5) is 0 Å². The van der Waals surface area contributed by atoms with E-state index in [4.69, 9.17) is 5.11 Å². The molecule has 14 heavy (non-hydrogen) atoms. The number of hydrogen-bond acceptors (Lipinski definition) is 2. The van der Waals surface area contributed by atoms with Crippen molar-refractivity contribution in [2.45, 2.75) is 18.2 Å². The number of carboxylic acids is 1. The maximum atomic E-state index is 10.9. The van der Waals surface area contributed by atoms with E-state index in [1.165, 1.54) is 16.0 Å². The van der Waals surface area contributed by atoms with E-state index < -0.39 is 5.97 Å². The molecule has 0 fully saturated rings. The molecule has 0 bridgehead atoms. The molecule has 0 aliphatic carbocycles.